The predicted molar refractivity (Wildman–Crippen MR) is 63.9 cm³/mol. The van der Waals surface area contributed by atoms with Crippen molar-refractivity contribution in [3.8, 4) is 11.5 Å². The zero-order valence-electron chi connectivity index (χ0n) is 9.49. The Morgan fingerprint density at radius 1 is 0.789 bits per heavy atom. The first-order valence-electron chi connectivity index (χ1n) is 5.18. The molecule has 7 heteroatoms. The summed E-state index contributed by atoms with van der Waals surface area (Å²) in [5, 5.41) is 0. The predicted octanol–water partition coefficient (Wildman–Crippen LogP) is 3.52. The lowest BCUT2D eigenvalue weighted by Crippen LogP contribution is -1.99. The van der Waals surface area contributed by atoms with Gasteiger partial charge in [-0.15, -0.1) is 0 Å². The molecule has 0 aromatic heterocycles. The lowest BCUT2D eigenvalue weighted by Gasteiger charge is -2.13. The van der Waals surface area contributed by atoms with Gasteiger partial charge in [0.05, 0.1) is 0 Å². The van der Waals surface area contributed by atoms with Gasteiger partial charge in [-0.2, -0.15) is 0 Å². The summed E-state index contributed by atoms with van der Waals surface area (Å²) in [6, 6.07) is 9.05. The normalized spacial score (nSPS) is 11.1. The highest BCUT2D eigenvalue weighted by molar-refractivity contribution is 7.48. The Bertz CT molecular complexity index is 547. The van der Waals surface area contributed by atoms with Crippen LogP contribution in [0, 0.1) is 11.6 Å². The van der Waals surface area contributed by atoms with E-state index in [1.165, 1.54) is 24.3 Å². The average Bonchev–Trinajstić information content (AvgIpc) is 2.34. The first-order chi connectivity index (χ1) is 8.94. The molecule has 0 aliphatic rings. The molecule has 2 aromatic rings. The highest BCUT2D eigenvalue weighted by atomic mass is 31.2. The molecule has 0 atom stereocenters. The molecule has 0 radical (unpaired) electrons. The van der Waals surface area contributed by atoms with Crippen LogP contribution in [0.5, 0.6) is 11.5 Å². The lowest BCUT2D eigenvalue weighted by molar-refractivity contribution is 0.290. The van der Waals surface area contributed by atoms with Gasteiger partial charge in [0.25, 0.3) is 0 Å². The maximum absolute atomic E-state index is 12.7. The van der Waals surface area contributed by atoms with E-state index < -0.39 is 19.5 Å². The van der Waals surface area contributed by atoms with E-state index in [0.717, 1.165) is 24.3 Å². The zero-order valence-corrected chi connectivity index (χ0v) is 10.4. The molecule has 0 fully saturated rings. The highest BCUT2D eigenvalue weighted by Crippen LogP contribution is 2.44. The van der Waals surface area contributed by atoms with Crippen molar-refractivity contribution in [1.82, 2.24) is 0 Å². The molecule has 100 valence electrons. The summed E-state index contributed by atoms with van der Waals surface area (Å²) in [6.07, 6.45) is 0. The third kappa shape index (κ3) is 4.05. The largest absolute Gasteiger partial charge is 0.584 e. The molecule has 0 saturated carbocycles. The number of phosphoric ester groups is 1. The topological polar surface area (TPSA) is 55.8 Å². The van der Waals surface area contributed by atoms with Crippen LogP contribution in [-0.2, 0) is 4.57 Å². The lowest BCUT2D eigenvalue weighted by atomic mass is 10.3. The molecule has 0 amide bonds. The molecule has 0 aliphatic heterocycles. The molecule has 1 N–H and O–H groups in total. The third-order valence-electron chi connectivity index (χ3n) is 2.07. The molecule has 4 nitrogen and oxygen atoms in total. The number of benzene rings is 2. The van der Waals surface area contributed by atoms with Crippen molar-refractivity contribution < 1.29 is 27.3 Å². The summed E-state index contributed by atoms with van der Waals surface area (Å²) in [6.45, 7) is 0. The van der Waals surface area contributed by atoms with E-state index in [1.54, 1.807) is 0 Å². The van der Waals surface area contributed by atoms with Gasteiger partial charge in [0.1, 0.15) is 23.1 Å². The summed E-state index contributed by atoms with van der Waals surface area (Å²) < 4.78 is 46.4. The van der Waals surface area contributed by atoms with Gasteiger partial charge in [-0.3, -0.25) is 4.89 Å². The van der Waals surface area contributed by atoms with E-state index in [4.69, 9.17) is 9.05 Å². The minimum atomic E-state index is -4.41. The smallest absolute Gasteiger partial charge is 0.395 e. The molecule has 0 spiro atoms. The summed E-state index contributed by atoms with van der Waals surface area (Å²) in [5.74, 6) is -1.04. The van der Waals surface area contributed by atoms with Gasteiger partial charge in [0.2, 0.25) is 0 Å². The molecular weight excluding hydrogens is 277 g/mol. The van der Waals surface area contributed by atoms with Gasteiger partial charge >= 0.3 is 7.82 Å². The number of hydrogen-bond acceptors (Lipinski definition) is 3. The molecule has 0 aliphatic carbocycles. The van der Waals surface area contributed by atoms with Crippen molar-refractivity contribution in [3.05, 3.63) is 60.2 Å². The second-order valence-corrected chi connectivity index (χ2v) is 4.86. The summed E-state index contributed by atoms with van der Waals surface area (Å²) >= 11 is 0. The third-order valence-corrected chi connectivity index (χ3v) is 2.95. The van der Waals surface area contributed by atoms with Crippen molar-refractivity contribution in [2.75, 3.05) is 0 Å². The Hall–Kier alpha value is -1.91. The quantitative estimate of drug-likeness (QED) is 0.874. The van der Waals surface area contributed by atoms with Crippen molar-refractivity contribution >= 4 is 7.82 Å². The maximum Gasteiger partial charge on any atom is 0.584 e. The van der Waals surface area contributed by atoms with E-state index in [2.05, 4.69) is 0 Å². The van der Waals surface area contributed by atoms with Crippen LogP contribution >= 0.6 is 7.82 Å². The zero-order chi connectivity index (χ0) is 13.9. The van der Waals surface area contributed by atoms with Gasteiger partial charge < -0.3 is 9.05 Å². The van der Waals surface area contributed by atoms with Crippen LogP contribution in [-0.4, -0.2) is 4.89 Å². The van der Waals surface area contributed by atoms with Gasteiger partial charge in [0.15, 0.2) is 0 Å². The molecule has 0 saturated heterocycles. The average molecular weight is 286 g/mol. The summed E-state index contributed by atoms with van der Waals surface area (Å²) in [5.41, 5.74) is 0. The Kier molecular flexibility index (Phi) is 3.83. The summed E-state index contributed by atoms with van der Waals surface area (Å²) in [4.78, 5) is 9.48. The maximum atomic E-state index is 12.7. The molecule has 2 aromatic carbocycles. The van der Waals surface area contributed by atoms with Crippen molar-refractivity contribution in [2.45, 2.75) is 0 Å². The second kappa shape index (κ2) is 5.38. The van der Waals surface area contributed by atoms with Gasteiger partial charge in [0, 0.05) is 0 Å². The molecular formula is C12H9F2O4P. The van der Waals surface area contributed by atoms with Crippen LogP contribution in [0.15, 0.2) is 48.5 Å². The van der Waals surface area contributed by atoms with Crippen LogP contribution in [0.25, 0.3) is 0 Å². The Balaban J connectivity index is 2.08. The standard InChI is InChI=1S/C12H9F2O4P/c13-9-1-5-11(6-2-9)17-19(15,16)18-12-7-3-10(14)4-8-12/h1-8H,(H,15,16). The summed E-state index contributed by atoms with van der Waals surface area (Å²) in [7, 11) is -4.41. The number of phosphoric acid groups is 1. The number of hydrogen-bond donors (Lipinski definition) is 1. The van der Waals surface area contributed by atoms with Gasteiger partial charge in [-0.1, -0.05) is 0 Å². The van der Waals surface area contributed by atoms with E-state index >= 15 is 0 Å². The molecule has 2 rings (SSSR count). The van der Waals surface area contributed by atoms with E-state index in [9.17, 15) is 18.2 Å². The first-order valence-corrected chi connectivity index (χ1v) is 6.67. The fraction of sp³-hybridized carbons (Fsp3) is 0. The van der Waals surface area contributed by atoms with Crippen LogP contribution in [0.2, 0.25) is 0 Å². The van der Waals surface area contributed by atoms with Gasteiger partial charge in [-0.05, 0) is 48.5 Å². The van der Waals surface area contributed by atoms with Crippen molar-refractivity contribution in [1.29, 1.82) is 0 Å². The first kappa shape index (κ1) is 13.5. The van der Waals surface area contributed by atoms with Crippen molar-refractivity contribution in [2.24, 2.45) is 0 Å². The fourth-order valence-electron chi connectivity index (χ4n) is 1.28. The Morgan fingerprint density at radius 2 is 1.11 bits per heavy atom. The number of halogens is 2. The highest BCUT2D eigenvalue weighted by Gasteiger charge is 2.25. The number of rotatable bonds is 4. The van der Waals surface area contributed by atoms with E-state index in [0.29, 0.717) is 0 Å². The minimum absolute atomic E-state index is 0.0191. The Morgan fingerprint density at radius 3 is 1.42 bits per heavy atom. The Labute approximate surface area is 107 Å². The molecule has 0 unspecified atom stereocenters. The van der Waals surface area contributed by atoms with E-state index in [1.807, 2.05) is 0 Å². The molecule has 19 heavy (non-hydrogen) atoms. The van der Waals surface area contributed by atoms with Crippen LogP contribution in [0.4, 0.5) is 8.78 Å². The second-order valence-electron chi connectivity index (χ2n) is 3.56. The molecule has 0 bridgehead atoms. The molecule has 0 heterocycles. The fourth-order valence-corrected chi connectivity index (χ4v) is 2.09. The van der Waals surface area contributed by atoms with Gasteiger partial charge in [-0.25, -0.2) is 13.3 Å². The minimum Gasteiger partial charge on any atom is -0.395 e. The monoisotopic (exact) mass is 286 g/mol. The van der Waals surface area contributed by atoms with Crippen LogP contribution < -0.4 is 9.05 Å². The van der Waals surface area contributed by atoms with Crippen LogP contribution in [0.1, 0.15) is 0 Å². The van der Waals surface area contributed by atoms with Crippen LogP contribution in [0.3, 0.4) is 0 Å². The van der Waals surface area contributed by atoms with Crippen molar-refractivity contribution in [3.63, 3.8) is 0 Å². The SMILES string of the molecule is O=P(O)(Oc1ccc(F)cc1)Oc1ccc(F)cc1. The van der Waals surface area contributed by atoms with E-state index in [-0.39, 0.29) is 11.5 Å².